The van der Waals surface area contributed by atoms with Crippen molar-refractivity contribution in [3.05, 3.63) is 57.6 Å². The monoisotopic (exact) mass is 352 g/mol. The van der Waals surface area contributed by atoms with Gasteiger partial charge in [-0.25, -0.2) is 4.79 Å². The maximum absolute atomic E-state index is 11.9. The molecule has 0 aliphatic carbocycles. The van der Waals surface area contributed by atoms with Crippen molar-refractivity contribution in [3.63, 3.8) is 0 Å². The highest BCUT2D eigenvalue weighted by Gasteiger charge is 2.06. The molecule has 2 rings (SSSR count). The minimum atomic E-state index is -0.311. The van der Waals surface area contributed by atoms with E-state index >= 15 is 0 Å². The van der Waals surface area contributed by atoms with Crippen LogP contribution in [0.5, 0.6) is 5.75 Å². The Balaban J connectivity index is 1.79. The molecule has 0 aliphatic heterocycles. The number of carbonyl (C=O) groups excluding carboxylic acids is 1. The summed E-state index contributed by atoms with van der Waals surface area (Å²) in [5.41, 5.74) is 2.57. The number of rotatable bonds is 5. The molecule has 2 aromatic rings. The Morgan fingerprint density at radius 3 is 2.70 bits per heavy atom. The van der Waals surface area contributed by atoms with E-state index in [0.29, 0.717) is 34.6 Å². The predicted octanol–water partition coefficient (Wildman–Crippen LogP) is 4.81. The van der Waals surface area contributed by atoms with Crippen LogP contribution in [0.15, 0.2) is 36.4 Å². The number of carbonyl (C=O) groups is 1. The van der Waals surface area contributed by atoms with E-state index in [-0.39, 0.29) is 6.03 Å². The minimum absolute atomic E-state index is 0.311. The fourth-order valence-electron chi connectivity index (χ4n) is 1.96. The second kappa shape index (κ2) is 8.09. The maximum Gasteiger partial charge on any atom is 0.319 e. The first-order valence-corrected chi connectivity index (χ1v) is 7.92. The molecule has 2 N–H and O–H groups in total. The molecule has 0 aromatic heterocycles. The smallest absolute Gasteiger partial charge is 0.319 e. The Morgan fingerprint density at radius 1 is 1.13 bits per heavy atom. The third kappa shape index (κ3) is 5.05. The molecule has 6 heteroatoms. The molecule has 122 valence electrons. The minimum Gasteiger partial charge on any atom is -0.490 e. The summed E-state index contributed by atoms with van der Waals surface area (Å²) in [6.45, 7) is 4.49. The van der Waals surface area contributed by atoms with Crippen molar-refractivity contribution in [2.75, 3.05) is 18.5 Å². The number of benzene rings is 2. The second-order valence-corrected chi connectivity index (χ2v) is 5.89. The predicted molar refractivity (Wildman–Crippen MR) is 94.9 cm³/mol. The van der Waals surface area contributed by atoms with E-state index < -0.39 is 0 Å². The highest BCUT2D eigenvalue weighted by Crippen LogP contribution is 2.25. The average molecular weight is 353 g/mol. The van der Waals surface area contributed by atoms with Crippen LogP contribution in [0.4, 0.5) is 10.5 Å². The van der Waals surface area contributed by atoms with Crippen LogP contribution in [-0.4, -0.2) is 19.2 Å². The van der Waals surface area contributed by atoms with Gasteiger partial charge in [0.25, 0.3) is 0 Å². The topological polar surface area (TPSA) is 50.4 Å². The Morgan fingerprint density at radius 2 is 1.91 bits per heavy atom. The summed E-state index contributed by atoms with van der Waals surface area (Å²) in [7, 11) is 0. The molecule has 0 unspecified atom stereocenters. The molecule has 0 atom stereocenters. The van der Waals surface area contributed by atoms with E-state index in [1.54, 1.807) is 24.3 Å². The van der Waals surface area contributed by atoms with Gasteiger partial charge in [-0.3, -0.25) is 0 Å². The summed E-state index contributed by atoms with van der Waals surface area (Å²) < 4.78 is 5.57. The molecule has 0 fully saturated rings. The Kier molecular flexibility index (Phi) is 6.13. The molecule has 2 amide bonds. The van der Waals surface area contributed by atoms with Gasteiger partial charge in [-0.1, -0.05) is 35.3 Å². The molecule has 0 saturated heterocycles. The van der Waals surface area contributed by atoms with Gasteiger partial charge in [0.2, 0.25) is 0 Å². The standard InChI is InChI=1S/C17H18Cl2N2O2/c1-11-6-7-14(19)16(10-11)23-9-8-20-17(22)21-15-5-3-4-13(18)12(15)2/h3-7,10H,8-9H2,1-2H3,(H2,20,21,22). The molecular weight excluding hydrogens is 335 g/mol. The second-order valence-electron chi connectivity index (χ2n) is 5.08. The Bertz CT molecular complexity index is 705. The summed E-state index contributed by atoms with van der Waals surface area (Å²) in [6.07, 6.45) is 0. The van der Waals surface area contributed by atoms with Crippen LogP contribution in [-0.2, 0) is 0 Å². The Hall–Kier alpha value is -1.91. The molecular formula is C17H18Cl2N2O2. The third-order valence-corrected chi connectivity index (χ3v) is 3.97. The SMILES string of the molecule is Cc1ccc(Cl)c(OCCNC(=O)Nc2cccc(Cl)c2C)c1. The van der Waals surface area contributed by atoms with E-state index in [4.69, 9.17) is 27.9 Å². The van der Waals surface area contributed by atoms with E-state index in [1.165, 1.54) is 0 Å². The maximum atomic E-state index is 11.9. The highest BCUT2D eigenvalue weighted by atomic mass is 35.5. The summed E-state index contributed by atoms with van der Waals surface area (Å²) in [5.74, 6) is 0.611. The Labute approximate surface area is 145 Å². The fraction of sp³-hybridized carbons (Fsp3) is 0.235. The number of amides is 2. The number of urea groups is 1. The fourth-order valence-corrected chi connectivity index (χ4v) is 2.30. The normalized spacial score (nSPS) is 10.3. The van der Waals surface area contributed by atoms with Gasteiger partial charge in [0.1, 0.15) is 12.4 Å². The number of nitrogens with one attached hydrogen (secondary N) is 2. The lowest BCUT2D eigenvalue weighted by Gasteiger charge is -2.12. The van der Waals surface area contributed by atoms with Crippen molar-refractivity contribution in [1.82, 2.24) is 5.32 Å². The van der Waals surface area contributed by atoms with Gasteiger partial charge in [-0.2, -0.15) is 0 Å². The van der Waals surface area contributed by atoms with Gasteiger partial charge in [0.15, 0.2) is 0 Å². The summed E-state index contributed by atoms with van der Waals surface area (Å²) in [5, 5.41) is 6.64. The van der Waals surface area contributed by atoms with E-state index in [9.17, 15) is 4.79 Å². The quantitative estimate of drug-likeness (QED) is 0.758. The zero-order valence-electron chi connectivity index (χ0n) is 13.0. The van der Waals surface area contributed by atoms with Gasteiger partial charge >= 0.3 is 6.03 Å². The summed E-state index contributed by atoms with van der Waals surface area (Å²) >= 11 is 12.1. The van der Waals surface area contributed by atoms with Crippen LogP contribution in [0, 0.1) is 13.8 Å². The number of anilines is 1. The first-order valence-electron chi connectivity index (χ1n) is 7.16. The van der Waals surface area contributed by atoms with Crippen molar-refractivity contribution in [3.8, 4) is 5.75 Å². The summed E-state index contributed by atoms with van der Waals surface area (Å²) in [4.78, 5) is 11.9. The summed E-state index contributed by atoms with van der Waals surface area (Å²) in [6, 6.07) is 10.6. The van der Waals surface area contributed by atoms with Crippen LogP contribution < -0.4 is 15.4 Å². The lowest BCUT2D eigenvalue weighted by molar-refractivity contribution is 0.247. The lowest BCUT2D eigenvalue weighted by Crippen LogP contribution is -2.32. The zero-order chi connectivity index (χ0) is 16.8. The molecule has 23 heavy (non-hydrogen) atoms. The van der Waals surface area contributed by atoms with Crippen LogP contribution in [0.2, 0.25) is 10.0 Å². The first kappa shape index (κ1) is 17.4. The highest BCUT2D eigenvalue weighted by molar-refractivity contribution is 6.32. The van der Waals surface area contributed by atoms with E-state index in [0.717, 1.165) is 11.1 Å². The molecule has 0 bridgehead atoms. The van der Waals surface area contributed by atoms with Gasteiger partial charge in [0, 0.05) is 10.7 Å². The number of hydrogen-bond acceptors (Lipinski definition) is 2. The molecule has 0 heterocycles. The van der Waals surface area contributed by atoms with Crippen LogP contribution in [0.3, 0.4) is 0 Å². The van der Waals surface area contributed by atoms with E-state index in [1.807, 2.05) is 26.0 Å². The number of aryl methyl sites for hydroxylation is 1. The van der Waals surface area contributed by atoms with Crippen molar-refractivity contribution in [2.24, 2.45) is 0 Å². The van der Waals surface area contributed by atoms with Gasteiger partial charge < -0.3 is 15.4 Å². The number of hydrogen-bond donors (Lipinski definition) is 2. The lowest BCUT2D eigenvalue weighted by atomic mass is 10.2. The molecule has 4 nitrogen and oxygen atoms in total. The van der Waals surface area contributed by atoms with Crippen LogP contribution in [0.25, 0.3) is 0 Å². The van der Waals surface area contributed by atoms with Gasteiger partial charge in [-0.05, 0) is 49.2 Å². The largest absolute Gasteiger partial charge is 0.490 e. The van der Waals surface area contributed by atoms with Crippen molar-refractivity contribution < 1.29 is 9.53 Å². The number of ether oxygens (including phenoxy) is 1. The molecule has 0 radical (unpaired) electrons. The van der Waals surface area contributed by atoms with Crippen molar-refractivity contribution >= 4 is 34.9 Å². The zero-order valence-corrected chi connectivity index (χ0v) is 14.5. The van der Waals surface area contributed by atoms with Crippen LogP contribution in [0.1, 0.15) is 11.1 Å². The molecule has 2 aromatic carbocycles. The van der Waals surface area contributed by atoms with Crippen LogP contribution >= 0.6 is 23.2 Å². The van der Waals surface area contributed by atoms with Gasteiger partial charge in [0.05, 0.1) is 11.6 Å². The van der Waals surface area contributed by atoms with Crippen molar-refractivity contribution in [2.45, 2.75) is 13.8 Å². The van der Waals surface area contributed by atoms with Crippen molar-refractivity contribution in [1.29, 1.82) is 0 Å². The average Bonchev–Trinajstić information content (AvgIpc) is 2.51. The molecule has 0 aliphatic rings. The third-order valence-electron chi connectivity index (χ3n) is 3.25. The van der Waals surface area contributed by atoms with E-state index in [2.05, 4.69) is 10.6 Å². The number of halogens is 2. The first-order chi connectivity index (χ1) is 11.0. The molecule has 0 saturated carbocycles. The van der Waals surface area contributed by atoms with Gasteiger partial charge in [-0.15, -0.1) is 0 Å². The molecule has 0 spiro atoms.